The number of likely N-dealkylation sites (N-methyl/N-ethyl adjacent to an activating group) is 1. The Kier molecular flexibility index (Phi) is 3.86. The van der Waals surface area contributed by atoms with Crippen LogP contribution in [0.15, 0.2) is 24.5 Å². The average molecular weight is 261 g/mol. The van der Waals surface area contributed by atoms with Gasteiger partial charge in [0.25, 0.3) is 5.69 Å². The first kappa shape index (κ1) is 13.2. The second-order valence-corrected chi connectivity index (χ2v) is 4.41. The molecule has 0 aliphatic rings. The third kappa shape index (κ3) is 3.14. The number of hydrogen-bond acceptors (Lipinski definition) is 6. The van der Waals surface area contributed by atoms with Crippen molar-refractivity contribution < 1.29 is 4.92 Å². The molecular weight excluding hydrogens is 246 g/mol. The lowest BCUT2D eigenvalue weighted by molar-refractivity contribution is -0.384. The Morgan fingerprint density at radius 3 is 2.84 bits per heavy atom. The standard InChI is InChI=1S/C12H15N5O2/c1-16(2)6-5-13-12-10-7-9(17(18)19)3-4-11(10)14-8-15-12/h3-4,7-8H,5-6H2,1-2H3,(H,13,14,15). The maximum atomic E-state index is 10.8. The Bertz CT molecular complexity index is 600. The zero-order valence-corrected chi connectivity index (χ0v) is 10.8. The molecule has 0 spiro atoms. The Balaban J connectivity index is 2.31. The molecule has 1 N–H and O–H groups in total. The summed E-state index contributed by atoms with van der Waals surface area (Å²) >= 11 is 0. The summed E-state index contributed by atoms with van der Waals surface area (Å²) in [4.78, 5) is 20.7. The number of non-ortho nitro benzene ring substituents is 1. The summed E-state index contributed by atoms with van der Waals surface area (Å²) in [6.07, 6.45) is 1.45. The van der Waals surface area contributed by atoms with Crippen molar-refractivity contribution in [3.8, 4) is 0 Å². The molecule has 1 aromatic heterocycles. The third-order valence-electron chi connectivity index (χ3n) is 2.68. The van der Waals surface area contributed by atoms with Crippen molar-refractivity contribution >= 4 is 22.4 Å². The van der Waals surface area contributed by atoms with Crippen LogP contribution in [0, 0.1) is 10.1 Å². The molecule has 1 heterocycles. The second kappa shape index (κ2) is 5.57. The van der Waals surface area contributed by atoms with Crippen LogP contribution in [0.4, 0.5) is 11.5 Å². The molecule has 0 radical (unpaired) electrons. The molecular formula is C12H15N5O2. The molecule has 0 fully saturated rings. The van der Waals surface area contributed by atoms with Crippen LogP contribution in [0.5, 0.6) is 0 Å². The van der Waals surface area contributed by atoms with Crippen molar-refractivity contribution in [2.45, 2.75) is 0 Å². The number of benzene rings is 1. The molecule has 2 rings (SSSR count). The van der Waals surface area contributed by atoms with Crippen LogP contribution < -0.4 is 5.32 Å². The SMILES string of the molecule is CN(C)CCNc1ncnc2ccc([N+](=O)[O-])cc12. The highest BCUT2D eigenvalue weighted by Crippen LogP contribution is 2.23. The van der Waals surface area contributed by atoms with Crippen LogP contribution in [-0.2, 0) is 0 Å². The quantitative estimate of drug-likeness (QED) is 0.648. The minimum absolute atomic E-state index is 0.0398. The summed E-state index contributed by atoms with van der Waals surface area (Å²) < 4.78 is 0. The smallest absolute Gasteiger partial charge is 0.270 e. The molecule has 2 aromatic rings. The Morgan fingerprint density at radius 2 is 2.16 bits per heavy atom. The van der Waals surface area contributed by atoms with Gasteiger partial charge in [0.2, 0.25) is 0 Å². The van der Waals surface area contributed by atoms with E-state index in [4.69, 9.17) is 0 Å². The van der Waals surface area contributed by atoms with E-state index in [1.165, 1.54) is 18.5 Å². The van der Waals surface area contributed by atoms with E-state index in [0.29, 0.717) is 23.3 Å². The Hall–Kier alpha value is -2.28. The molecule has 0 atom stereocenters. The summed E-state index contributed by atoms with van der Waals surface area (Å²) in [5.41, 5.74) is 0.728. The van der Waals surface area contributed by atoms with Gasteiger partial charge in [0, 0.05) is 30.6 Å². The van der Waals surface area contributed by atoms with Crippen LogP contribution in [0.3, 0.4) is 0 Å². The topological polar surface area (TPSA) is 84.2 Å². The molecule has 0 aliphatic heterocycles. The highest BCUT2D eigenvalue weighted by molar-refractivity contribution is 5.90. The maximum absolute atomic E-state index is 10.8. The number of nitro benzene ring substituents is 1. The molecule has 7 nitrogen and oxygen atoms in total. The first-order chi connectivity index (χ1) is 9.08. The van der Waals surface area contributed by atoms with Gasteiger partial charge < -0.3 is 10.2 Å². The van der Waals surface area contributed by atoms with Crippen molar-refractivity contribution in [1.82, 2.24) is 14.9 Å². The highest BCUT2D eigenvalue weighted by atomic mass is 16.6. The highest BCUT2D eigenvalue weighted by Gasteiger charge is 2.10. The van der Waals surface area contributed by atoms with Crippen molar-refractivity contribution in [2.75, 3.05) is 32.5 Å². The molecule has 100 valence electrons. The molecule has 0 amide bonds. The summed E-state index contributed by atoms with van der Waals surface area (Å²) in [6.45, 7) is 1.56. The van der Waals surface area contributed by atoms with Gasteiger partial charge in [-0.15, -0.1) is 0 Å². The number of nitrogens with zero attached hydrogens (tertiary/aromatic N) is 4. The zero-order chi connectivity index (χ0) is 13.8. The minimum atomic E-state index is -0.421. The normalized spacial score (nSPS) is 10.9. The molecule has 7 heteroatoms. The fourth-order valence-electron chi connectivity index (χ4n) is 1.70. The van der Waals surface area contributed by atoms with Gasteiger partial charge in [-0.05, 0) is 20.2 Å². The van der Waals surface area contributed by atoms with E-state index in [1.807, 2.05) is 19.0 Å². The van der Waals surface area contributed by atoms with Crippen LogP contribution in [0.25, 0.3) is 10.9 Å². The number of fused-ring (bicyclic) bond motifs is 1. The average Bonchev–Trinajstić information content (AvgIpc) is 2.38. The number of hydrogen-bond donors (Lipinski definition) is 1. The summed E-state index contributed by atoms with van der Waals surface area (Å²) in [5.74, 6) is 0.621. The van der Waals surface area contributed by atoms with E-state index in [1.54, 1.807) is 6.07 Å². The fraction of sp³-hybridized carbons (Fsp3) is 0.333. The maximum Gasteiger partial charge on any atom is 0.270 e. The van der Waals surface area contributed by atoms with E-state index in [0.717, 1.165) is 6.54 Å². The number of anilines is 1. The predicted molar refractivity (Wildman–Crippen MR) is 73.2 cm³/mol. The molecule has 0 saturated heterocycles. The van der Waals surface area contributed by atoms with Gasteiger partial charge >= 0.3 is 0 Å². The van der Waals surface area contributed by atoms with Gasteiger partial charge in [0.05, 0.1) is 10.4 Å². The molecule has 0 aliphatic carbocycles. The van der Waals surface area contributed by atoms with Gasteiger partial charge in [0.1, 0.15) is 12.1 Å². The summed E-state index contributed by atoms with van der Waals surface area (Å²) in [5, 5.41) is 14.6. The van der Waals surface area contributed by atoms with E-state index >= 15 is 0 Å². The van der Waals surface area contributed by atoms with Crippen LogP contribution in [0.2, 0.25) is 0 Å². The largest absolute Gasteiger partial charge is 0.368 e. The van der Waals surface area contributed by atoms with Gasteiger partial charge in [0.15, 0.2) is 0 Å². The molecule has 1 aromatic carbocycles. The van der Waals surface area contributed by atoms with Gasteiger partial charge in [-0.2, -0.15) is 0 Å². The monoisotopic (exact) mass is 261 g/mol. The van der Waals surface area contributed by atoms with E-state index in [2.05, 4.69) is 15.3 Å². The van der Waals surface area contributed by atoms with E-state index < -0.39 is 4.92 Å². The van der Waals surface area contributed by atoms with Crippen molar-refractivity contribution in [2.24, 2.45) is 0 Å². The number of rotatable bonds is 5. The molecule has 0 bridgehead atoms. The number of nitrogens with one attached hydrogen (secondary N) is 1. The second-order valence-electron chi connectivity index (χ2n) is 4.41. The molecule has 19 heavy (non-hydrogen) atoms. The Morgan fingerprint density at radius 1 is 1.37 bits per heavy atom. The number of aromatic nitrogens is 2. The predicted octanol–water partition coefficient (Wildman–Crippen LogP) is 1.51. The van der Waals surface area contributed by atoms with Crippen LogP contribution >= 0.6 is 0 Å². The first-order valence-electron chi connectivity index (χ1n) is 5.85. The van der Waals surface area contributed by atoms with Crippen molar-refractivity contribution in [3.05, 3.63) is 34.6 Å². The van der Waals surface area contributed by atoms with Crippen LogP contribution in [-0.4, -0.2) is 47.0 Å². The lowest BCUT2D eigenvalue weighted by Crippen LogP contribution is -2.21. The van der Waals surface area contributed by atoms with Crippen LogP contribution in [0.1, 0.15) is 0 Å². The lowest BCUT2D eigenvalue weighted by atomic mass is 10.2. The van der Waals surface area contributed by atoms with Gasteiger partial charge in [-0.3, -0.25) is 10.1 Å². The zero-order valence-electron chi connectivity index (χ0n) is 10.8. The third-order valence-corrected chi connectivity index (χ3v) is 2.68. The van der Waals surface area contributed by atoms with E-state index in [-0.39, 0.29) is 5.69 Å². The Labute approximate surface area is 110 Å². The lowest BCUT2D eigenvalue weighted by Gasteiger charge is -2.11. The summed E-state index contributed by atoms with van der Waals surface area (Å²) in [6, 6.07) is 4.57. The van der Waals surface area contributed by atoms with Crippen molar-refractivity contribution in [1.29, 1.82) is 0 Å². The molecule has 0 unspecified atom stereocenters. The first-order valence-corrected chi connectivity index (χ1v) is 5.85. The molecule has 0 saturated carbocycles. The van der Waals surface area contributed by atoms with Crippen molar-refractivity contribution in [3.63, 3.8) is 0 Å². The van der Waals surface area contributed by atoms with Gasteiger partial charge in [-0.25, -0.2) is 9.97 Å². The number of nitro groups is 1. The van der Waals surface area contributed by atoms with Gasteiger partial charge in [-0.1, -0.05) is 0 Å². The minimum Gasteiger partial charge on any atom is -0.368 e. The fourth-order valence-corrected chi connectivity index (χ4v) is 1.70. The van der Waals surface area contributed by atoms with E-state index in [9.17, 15) is 10.1 Å². The summed E-state index contributed by atoms with van der Waals surface area (Å²) in [7, 11) is 3.95.